The van der Waals surface area contributed by atoms with Gasteiger partial charge in [-0.15, -0.1) is 0 Å². The summed E-state index contributed by atoms with van der Waals surface area (Å²) in [6, 6.07) is 5.58. The fraction of sp³-hybridized carbons (Fsp3) is 0.455. The molecule has 0 bridgehead atoms. The lowest BCUT2D eigenvalue weighted by Gasteiger charge is -2.14. The molecule has 1 aromatic carbocycles. The van der Waals surface area contributed by atoms with Crippen LogP contribution in [0.1, 0.15) is 18.4 Å². The number of rotatable bonds is 4. The average molecular weight is 196 g/mol. The smallest absolute Gasteiger partial charge is 0.122 e. The average Bonchev–Trinajstić information content (AvgIpc) is 2.27. The van der Waals surface area contributed by atoms with Crippen molar-refractivity contribution >= 4 is 0 Å². The van der Waals surface area contributed by atoms with Gasteiger partial charge in [0.05, 0.1) is 14.2 Å². The summed E-state index contributed by atoms with van der Waals surface area (Å²) in [6.07, 6.45) is 0. The summed E-state index contributed by atoms with van der Waals surface area (Å²) in [5, 5.41) is 9.08. The van der Waals surface area contributed by atoms with Gasteiger partial charge in [-0.3, -0.25) is 0 Å². The van der Waals surface area contributed by atoms with Crippen molar-refractivity contribution in [2.45, 2.75) is 12.8 Å². The Kier molecular flexibility index (Phi) is 3.77. The van der Waals surface area contributed by atoms with Crippen molar-refractivity contribution in [1.82, 2.24) is 0 Å². The van der Waals surface area contributed by atoms with E-state index < -0.39 is 0 Å². The molecule has 0 fully saturated rings. The van der Waals surface area contributed by atoms with Gasteiger partial charge in [0.2, 0.25) is 0 Å². The molecule has 0 aliphatic heterocycles. The number of methoxy groups -OCH3 is 2. The van der Waals surface area contributed by atoms with Crippen LogP contribution in [0.4, 0.5) is 0 Å². The molecule has 0 radical (unpaired) electrons. The van der Waals surface area contributed by atoms with E-state index in [1.807, 2.05) is 25.1 Å². The van der Waals surface area contributed by atoms with E-state index in [1.165, 1.54) is 0 Å². The van der Waals surface area contributed by atoms with E-state index in [9.17, 15) is 0 Å². The monoisotopic (exact) mass is 196 g/mol. The van der Waals surface area contributed by atoms with E-state index in [0.717, 1.165) is 17.1 Å². The molecule has 0 spiro atoms. The molecule has 14 heavy (non-hydrogen) atoms. The van der Waals surface area contributed by atoms with Crippen molar-refractivity contribution in [2.24, 2.45) is 0 Å². The van der Waals surface area contributed by atoms with Gasteiger partial charge in [-0.2, -0.15) is 0 Å². The van der Waals surface area contributed by atoms with E-state index in [0.29, 0.717) is 0 Å². The highest BCUT2D eigenvalue weighted by Crippen LogP contribution is 2.29. The van der Waals surface area contributed by atoms with Gasteiger partial charge >= 0.3 is 0 Å². The maximum atomic E-state index is 9.08. The highest BCUT2D eigenvalue weighted by atomic mass is 16.5. The molecule has 1 aromatic rings. The molecule has 1 atom stereocenters. The molecule has 0 aliphatic rings. The summed E-state index contributed by atoms with van der Waals surface area (Å²) in [4.78, 5) is 0. The van der Waals surface area contributed by atoms with Crippen LogP contribution in [-0.2, 0) is 0 Å². The maximum Gasteiger partial charge on any atom is 0.122 e. The Balaban J connectivity index is 3.08. The molecule has 78 valence electrons. The predicted octanol–water partition coefficient (Wildman–Crippen LogP) is 1.80. The lowest BCUT2D eigenvalue weighted by molar-refractivity contribution is 0.269. The minimum Gasteiger partial charge on any atom is -0.497 e. The fourth-order valence-electron chi connectivity index (χ4n) is 1.32. The Morgan fingerprint density at radius 3 is 2.50 bits per heavy atom. The van der Waals surface area contributed by atoms with Crippen LogP contribution < -0.4 is 9.47 Å². The molecule has 3 nitrogen and oxygen atoms in total. The van der Waals surface area contributed by atoms with E-state index in [1.54, 1.807) is 14.2 Å². The van der Waals surface area contributed by atoms with Crippen LogP contribution in [-0.4, -0.2) is 25.9 Å². The molecule has 1 rings (SSSR count). The zero-order chi connectivity index (χ0) is 10.6. The second-order valence-electron chi connectivity index (χ2n) is 3.19. The molecular weight excluding hydrogens is 180 g/mol. The Labute approximate surface area is 84.3 Å². The SMILES string of the molecule is COc1ccc(OC)c([C@H](C)CO)c1. The molecular formula is C11H16O3. The maximum absolute atomic E-state index is 9.08. The summed E-state index contributed by atoms with van der Waals surface area (Å²) >= 11 is 0. The molecule has 1 N–H and O–H groups in total. The predicted molar refractivity (Wildman–Crippen MR) is 55.0 cm³/mol. The van der Waals surface area contributed by atoms with E-state index in [-0.39, 0.29) is 12.5 Å². The topological polar surface area (TPSA) is 38.7 Å². The van der Waals surface area contributed by atoms with Gasteiger partial charge in [0.1, 0.15) is 11.5 Å². The van der Waals surface area contributed by atoms with Crippen LogP contribution in [0, 0.1) is 0 Å². The molecule has 0 saturated heterocycles. The van der Waals surface area contributed by atoms with Crippen molar-refractivity contribution in [2.75, 3.05) is 20.8 Å². The molecule has 0 aliphatic carbocycles. The number of aliphatic hydroxyl groups is 1. The Hall–Kier alpha value is -1.22. The molecule has 0 amide bonds. The van der Waals surface area contributed by atoms with Crippen LogP contribution in [0.2, 0.25) is 0 Å². The third kappa shape index (κ3) is 2.17. The van der Waals surface area contributed by atoms with E-state index in [4.69, 9.17) is 14.6 Å². The van der Waals surface area contributed by atoms with Crippen molar-refractivity contribution in [3.63, 3.8) is 0 Å². The highest BCUT2D eigenvalue weighted by Gasteiger charge is 2.11. The summed E-state index contributed by atoms with van der Waals surface area (Å²) < 4.78 is 10.3. The van der Waals surface area contributed by atoms with Gasteiger partial charge in [0.25, 0.3) is 0 Å². The van der Waals surface area contributed by atoms with Crippen LogP contribution in [0.25, 0.3) is 0 Å². The van der Waals surface area contributed by atoms with Crippen LogP contribution in [0.5, 0.6) is 11.5 Å². The van der Waals surface area contributed by atoms with Gasteiger partial charge < -0.3 is 14.6 Å². The first-order valence-corrected chi connectivity index (χ1v) is 4.55. The van der Waals surface area contributed by atoms with Crippen molar-refractivity contribution in [3.05, 3.63) is 23.8 Å². The first kappa shape index (κ1) is 10.9. The number of benzene rings is 1. The molecule has 3 heteroatoms. The molecule has 0 heterocycles. The van der Waals surface area contributed by atoms with Crippen LogP contribution in [0.3, 0.4) is 0 Å². The number of hydrogen-bond donors (Lipinski definition) is 1. The third-order valence-electron chi connectivity index (χ3n) is 2.24. The van der Waals surface area contributed by atoms with Gasteiger partial charge in [0.15, 0.2) is 0 Å². The largest absolute Gasteiger partial charge is 0.497 e. The summed E-state index contributed by atoms with van der Waals surface area (Å²) in [5.74, 6) is 1.62. The van der Waals surface area contributed by atoms with Crippen LogP contribution in [0.15, 0.2) is 18.2 Å². The van der Waals surface area contributed by atoms with Gasteiger partial charge in [-0.1, -0.05) is 6.92 Å². The Morgan fingerprint density at radius 1 is 1.29 bits per heavy atom. The second kappa shape index (κ2) is 4.86. The zero-order valence-electron chi connectivity index (χ0n) is 8.78. The summed E-state index contributed by atoms with van der Waals surface area (Å²) in [7, 11) is 3.24. The van der Waals surface area contributed by atoms with E-state index >= 15 is 0 Å². The standard InChI is InChI=1S/C11H16O3/c1-8(7-12)10-6-9(13-2)4-5-11(10)14-3/h4-6,8,12H,7H2,1-3H3/t8-/m1/s1. The Bertz CT molecular complexity index is 297. The Morgan fingerprint density at radius 2 is 2.00 bits per heavy atom. The molecule has 0 saturated carbocycles. The number of ether oxygens (including phenoxy) is 2. The minimum absolute atomic E-state index is 0.0556. The highest BCUT2D eigenvalue weighted by molar-refractivity contribution is 5.42. The van der Waals surface area contributed by atoms with Crippen molar-refractivity contribution in [3.8, 4) is 11.5 Å². The quantitative estimate of drug-likeness (QED) is 0.798. The van der Waals surface area contributed by atoms with Crippen molar-refractivity contribution in [1.29, 1.82) is 0 Å². The zero-order valence-corrected chi connectivity index (χ0v) is 8.78. The van der Waals surface area contributed by atoms with Gasteiger partial charge in [-0.05, 0) is 18.2 Å². The molecule has 0 aromatic heterocycles. The van der Waals surface area contributed by atoms with Gasteiger partial charge in [0, 0.05) is 18.1 Å². The fourth-order valence-corrected chi connectivity index (χ4v) is 1.32. The third-order valence-corrected chi connectivity index (χ3v) is 2.24. The minimum atomic E-state index is 0.0556. The second-order valence-corrected chi connectivity index (χ2v) is 3.19. The van der Waals surface area contributed by atoms with Crippen LogP contribution >= 0.6 is 0 Å². The van der Waals surface area contributed by atoms with Gasteiger partial charge in [-0.25, -0.2) is 0 Å². The van der Waals surface area contributed by atoms with E-state index in [2.05, 4.69) is 0 Å². The molecule has 0 unspecified atom stereocenters. The number of hydrogen-bond acceptors (Lipinski definition) is 3. The normalized spacial score (nSPS) is 12.3. The first-order chi connectivity index (χ1) is 6.72. The summed E-state index contributed by atoms with van der Waals surface area (Å²) in [6.45, 7) is 2.04. The summed E-state index contributed by atoms with van der Waals surface area (Å²) in [5.41, 5.74) is 0.967. The van der Waals surface area contributed by atoms with Crippen molar-refractivity contribution < 1.29 is 14.6 Å². The number of aliphatic hydroxyl groups excluding tert-OH is 1. The first-order valence-electron chi connectivity index (χ1n) is 4.55. The lowest BCUT2D eigenvalue weighted by atomic mass is 10.0. The lowest BCUT2D eigenvalue weighted by Crippen LogP contribution is -2.02.